The highest BCUT2D eigenvalue weighted by molar-refractivity contribution is 7.93. The lowest BCUT2D eigenvalue weighted by Gasteiger charge is -2.10. The largest absolute Gasteiger partial charge is 0.465 e. The predicted octanol–water partition coefficient (Wildman–Crippen LogP) is 3.35. The molecule has 0 radical (unpaired) electrons. The normalized spacial score (nSPS) is 12.0. The summed E-state index contributed by atoms with van der Waals surface area (Å²) >= 11 is 0.883. The number of halogens is 3. The molecule has 124 valence electrons. The van der Waals surface area contributed by atoms with E-state index in [2.05, 4.69) is 9.46 Å². The quantitative estimate of drug-likeness (QED) is 0.844. The molecule has 0 amide bonds. The zero-order chi connectivity index (χ0) is 17.3. The van der Waals surface area contributed by atoms with Gasteiger partial charge in [0.25, 0.3) is 10.0 Å². The van der Waals surface area contributed by atoms with Crippen LogP contribution >= 0.6 is 11.3 Å². The summed E-state index contributed by atoms with van der Waals surface area (Å²) in [4.78, 5) is 11.1. The van der Waals surface area contributed by atoms with E-state index in [4.69, 9.17) is 0 Å². The zero-order valence-electron chi connectivity index (χ0n) is 11.5. The van der Waals surface area contributed by atoms with E-state index < -0.39 is 27.7 Å². The summed E-state index contributed by atoms with van der Waals surface area (Å²) in [5.41, 5.74) is -0.953. The highest BCUT2D eigenvalue weighted by atomic mass is 32.2. The number of carbonyl (C=O) groups excluding carboxylic acids is 1. The van der Waals surface area contributed by atoms with Gasteiger partial charge >= 0.3 is 12.1 Å². The van der Waals surface area contributed by atoms with Gasteiger partial charge in [-0.25, -0.2) is 13.2 Å². The maximum Gasteiger partial charge on any atom is 0.416 e. The first kappa shape index (κ1) is 17.3. The molecule has 0 aliphatic carbocycles. The van der Waals surface area contributed by atoms with E-state index in [0.29, 0.717) is 0 Å². The monoisotopic (exact) mass is 365 g/mol. The lowest BCUT2D eigenvalue weighted by atomic mass is 10.2. The van der Waals surface area contributed by atoms with E-state index in [1.54, 1.807) is 0 Å². The molecule has 0 fully saturated rings. The smallest absolute Gasteiger partial charge is 0.416 e. The topological polar surface area (TPSA) is 72.5 Å². The molecule has 0 atom stereocenters. The average Bonchev–Trinajstić information content (AvgIpc) is 2.96. The summed E-state index contributed by atoms with van der Waals surface area (Å²) < 4.78 is 68.5. The molecule has 23 heavy (non-hydrogen) atoms. The van der Waals surface area contributed by atoms with Crippen LogP contribution in [-0.4, -0.2) is 21.5 Å². The van der Waals surface area contributed by atoms with Gasteiger partial charge in [0, 0.05) is 5.69 Å². The number of esters is 1. The Kier molecular flexibility index (Phi) is 4.66. The van der Waals surface area contributed by atoms with Crippen molar-refractivity contribution in [1.82, 2.24) is 0 Å². The van der Waals surface area contributed by atoms with Crippen LogP contribution in [0.15, 0.2) is 40.6 Å². The molecule has 0 unspecified atom stereocenters. The molecule has 0 aliphatic heterocycles. The number of benzene rings is 1. The van der Waals surface area contributed by atoms with Gasteiger partial charge < -0.3 is 4.74 Å². The SMILES string of the molecule is COC(=O)c1sccc1S(=O)(=O)Nc1ccc(C(F)(F)F)cc1. The summed E-state index contributed by atoms with van der Waals surface area (Å²) in [5.74, 6) is -0.812. The number of sulfonamides is 1. The Labute approximate surface area is 133 Å². The van der Waals surface area contributed by atoms with Gasteiger partial charge in [-0.3, -0.25) is 4.72 Å². The number of thiophene rings is 1. The fourth-order valence-electron chi connectivity index (χ4n) is 1.69. The molecule has 2 rings (SSSR count). The third-order valence-electron chi connectivity index (χ3n) is 2.75. The minimum atomic E-state index is -4.51. The molecule has 0 spiro atoms. The number of rotatable bonds is 4. The van der Waals surface area contributed by atoms with Gasteiger partial charge in [0.15, 0.2) is 0 Å². The maximum absolute atomic E-state index is 12.5. The summed E-state index contributed by atoms with van der Waals surface area (Å²) in [5, 5.41) is 1.40. The maximum atomic E-state index is 12.5. The molecule has 1 aromatic carbocycles. The van der Waals surface area contributed by atoms with E-state index in [1.807, 2.05) is 0 Å². The molecule has 1 N–H and O–H groups in total. The Hall–Kier alpha value is -2.07. The van der Waals surface area contributed by atoms with Crippen LogP contribution in [-0.2, 0) is 20.9 Å². The van der Waals surface area contributed by atoms with Crippen LogP contribution in [0.1, 0.15) is 15.2 Å². The van der Waals surface area contributed by atoms with E-state index in [0.717, 1.165) is 42.7 Å². The molecule has 0 saturated heterocycles. The van der Waals surface area contributed by atoms with Crippen molar-refractivity contribution in [3.63, 3.8) is 0 Å². The van der Waals surface area contributed by atoms with Crippen LogP contribution in [0.2, 0.25) is 0 Å². The number of anilines is 1. The lowest BCUT2D eigenvalue weighted by molar-refractivity contribution is -0.137. The molecule has 1 heterocycles. The Bertz CT molecular complexity index is 810. The van der Waals surface area contributed by atoms with Gasteiger partial charge in [-0.05, 0) is 35.7 Å². The van der Waals surface area contributed by atoms with E-state index in [9.17, 15) is 26.4 Å². The molecule has 0 bridgehead atoms. The fraction of sp³-hybridized carbons (Fsp3) is 0.154. The van der Waals surface area contributed by atoms with E-state index in [1.165, 1.54) is 11.4 Å². The molecule has 1 aromatic heterocycles. The van der Waals surface area contributed by atoms with Crippen LogP contribution < -0.4 is 4.72 Å². The standard InChI is InChI=1S/C13H10F3NO4S2/c1-21-12(18)11-10(6-7-22-11)23(19,20)17-9-4-2-8(3-5-9)13(14,15)16/h2-7,17H,1H3. The minimum absolute atomic E-state index is 0.0555. The summed E-state index contributed by atoms with van der Waals surface area (Å²) in [6, 6.07) is 4.71. The van der Waals surface area contributed by atoms with Crippen molar-refractivity contribution in [2.75, 3.05) is 11.8 Å². The Morgan fingerprint density at radius 3 is 2.30 bits per heavy atom. The second kappa shape index (κ2) is 6.20. The number of carbonyl (C=O) groups is 1. The summed E-state index contributed by atoms with van der Waals surface area (Å²) in [6.45, 7) is 0. The first-order valence-electron chi connectivity index (χ1n) is 6.01. The molecular formula is C13H10F3NO4S2. The highest BCUT2D eigenvalue weighted by Gasteiger charge is 2.30. The molecule has 2 aromatic rings. The number of alkyl halides is 3. The Balaban J connectivity index is 2.29. The van der Waals surface area contributed by atoms with Crippen LogP contribution in [0.5, 0.6) is 0 Å². The number of hydrogen-bond donors (Lipinski definition) is 1. The van der Waals surface area contributed by atoms with Crippen molar-refractivity contribution in [1.29, 1.82) is 0 Å². The first-order valence-corrected chi connectivity index (χ1v) is 8.37. The molecule has 10 heteroatoms. The number of methoxy groups -OCH3 is 1. The van der Waals surface area contributed by atoms with E-state index >= 15 is 0 Å². The Morgan fingerprint density at radius 1 is 1.17 bits per heavy atom. The van der Waals surface area contributed by atoms with Gasteiger partial charge in [-0.2, -0.15) is 13.2 Å². The van der Waals surface area contributed by atoms with Gasteiger partial charge in [0.2, 0.25) is 0 Å². The van der Waals surface area contributed by atoms with Gasteiger partial charge in [-0.1, -0.05) is 0 Å². The first-order chi connectivity index (χ1) is 10.6. The third kappa shape index (κ3) is 3.82. The second-order valence-electron chi connectivity index (χ2n) is 4.29. The molecule has 0 aliphatic rings. The van der Waals surface area contributed by atoms with Gasteiger partial charge in [-0.15, -0.1) is 11.3 Å². The number of hydrogen-bond acceptors (Lipinski definition) is 5. The van der Waals surface area contributed by atoms with Crippen molar-refractivity contribution in [3.05, 3.63) is 46.2 Å². The summed E-state index contributed by atoms with van der Waals surface area (Å²) in [6.07, 6.45) is -4.51. The van der Waals surface area contributed by atoms with Crippen molar-refractivity contribution in [2.45, 2.75) is 11.1 Å². The van der Waals surface area contributed by atoms with Crippen molar-refractivity contribution in [2.24, 2.45) is 0 Å². The van der Waals surface area contributed by atoms with Crippen molar-refractivity contribution >= 4 is 33.0 Å². The zero-order valence-corrected chi connectivity index (χ0v) is 13.2. The van der Waals surface area contributed by atoms with Gasteiger partial charge in [0.1, 0.15) is 9.77 Å². The van der Waals surface area contributed by atoms with Crippen LogP contribution in [0, 0.1) is 0 Å². The predicted molar refractivity (Wildman–Crippen MR) is 77.9 cm³/mol. The van der Waals surface area contributed by atoms with Crippen LogP contribution in [0.25, 0.3) is 0 Å². The average molecular weight is 365 g/mol. The fourth-order valence-corrected chi connectivity index (χ4v) is 4.08. The van der Waals surface area contributed by atoms with Crippen molar-refractivity contribution in [3.8, 4) is 0 Å². The number of nitrogens with one attached hydrogen (secondary N) is 1. The Morgan fingerprint density at radius 2 is 1.78 bits per heavy atom. The highest BCUT2D eigenvalue weighted by Crippen LogP contribution is 2.30. The third-order valence-corrected chi connectivity index (χ3v) is 5.20. The second-order valence-corrected chi connectivity index (χ2v) is 6.85. The van der Waals surface area contributed by atoms with Crippen LogP contribution in [0.3, 0.4) is 0 Å². The molecular weight excluding hydrogens is 355 g/mol. The number of ether oxygens (including phenoxy) is 1. The van der Waals surface area contributed by atoms with Crippen molar-refractivity contribution < 1.29 is 31.1 Å². The molecule has 0 saturated carbocycles. The van der Waals surface area contributed by atoms with Crippen LogP contribution in [0.4, 0.5) is 18.9 Å². The summed E-state index contributed by atoms with van der Waals surface area (Å²) in [7, 11) is -3.01. The molecule has 5 nitrogen and oxygen atoms in total. The van der Waals surface area contributed by atoms with E-state index in [-0.39, 0.29) is 15.5 Å². The minimum Gasteiger partial charge on any atom is -0.465 e. The van der Waals surface area contributed by atoms with Gasteiger partial charge in [0.05, 0.1) is 12.7 Å². The lowest BCUT2D eigenvalue weighted by Crippen LogP contribution is -2.16.